The number of hydrogen-bond acceptors (Lipinski definition) is 2. The second-order valence-electron chi connectivity index (χ2n) is 13.0. The zero-order valence-corrected chi connectivity index (χ0v) is 24.8. The molecule has 0 spiro atoms. The van der Waals surface area contributed by atoms with Crippen molar-refractivity contribution in [2.45, 2.75) is 79.6 Å². The molecule has 2 nitrogen and oxygen atoms in total. The van der Waals surface area contributed by atoms with E-state index in [1.165, 1.54) is 49.7 Å². The van der Waals surface area contributed by atoms with Gasteiger partial charge in [0.15, 0.2) is 0 Å². The SMILES string of the molecule is Cc1cc(-c2c(C)ccc3c2oc2cc4c(cc23)C(CC(C)C)(CC(C)C)c2ccccc2-4)ncc1C(C)C. The van der Waals surface area contributed by atoms with Gasteiger partial charge in [0.1, 0.15) is 11.2 Å². The third-order valence-electron chi connectivity index (χ3n) is 8.78. The van der Waals surface area contributed by atoms with Crippen LogP contribution in [-0.4, -0.2) is 4.98 Å². The molecule has 3 aromatic carbocycles. The van der Waals surface area contributed by atoms with Crippen LogP contribution in [0.15, 0.2) is 65.2 Å². The number of hydrogen-bond donors (Lipinski definition) is 0. The first-order valence-electron chi connectivity index (χ1n) is 14.7. The third-order valence-corrected chi connectivity index (χ3v) is 8.78. The van der Waals surface area contributed by atoms with Crippen molar-refractivity contribution in [3.63, 3.8) is 0 Å². The molecule has 0 radical (unpaired) electrons. The molecule has 0 unspecified atom stereocenters. The first-order valence-corrected chi connectivity index (χ1v) is 14.7. The zero-order valence-electron chi connectivity index (χ0n) is 24.8. The van der Waals surface area contributed by atoms with Gasteiger partial charge in [0.25, 0.3) is 0 Å². The molecule has 0 bridgehead atoms. The van der Waals surface area contributed by atoms with E-state index in [9.17, 15) is 0 Å². The highest BCUT2D eigenvalue weighted by Gasteiger charge is 2.44. The molecule has 0 N–H and O–H groups in total. The summed E-state index contributed by atoms with van der Waals surface area (Å²) in [5.41, 5.74) is 13.5. The predicted octanol–water partition coefficient (Wildman–Crippen LogP) is 10.7. The molecular formula is C37H41NO. The van der Waals surface area contributed by atoms with Gasteiger partial charge in [0.2, 0.25) is 0 Å². The van der Waals surface area contributed by atoms with Gasteiger partial charge >= 0.3 is 0 Å². The van der Waals surface area contributed by atoms with Crippen molar-refractivity contribution in [2.24, 2.45) is 11.8 Å². The van der Waals surface area contributed by atoms with Gasteiger partial charge in [-0.15, -0.1) is 0 Å². The molecule has 2 heteroatoms. The highest BCUT2D eigenvalue weighted by molar-refractivity contribution is 6.11. The number of furan rings is 1. The molecule has 6 rings (SSSR count). The fourth-order valence-corrected chi connectivity index (χ4v) is 7.43. The molecule has 0 aliphatic heterocycles. The van der Waals surface area contributed by atoms with E-state index in [0.717, 1.165) is 35.3 Å². The predicted molar refractivity (Wildman–Crippen MR) is 166 cm³/mol. The van der Waals surface area contributed by atoms with Crippen LogP contribution in [0.5, 0.6) is 0 Å². The summed E-state index contributed by atoms with van der Waals surface area (Å²) in [7, 11) is 0. The molecule has 200 valence electrons. The monoisotopic (exact) mass is 515 g/mol. The molecule has 39 heavy (non-hydrogen) atoms. The smallest absolute Gasteiger partial charge is 0.145 e. The Bertz CT molecular complexity index is 1710. The van der Waals surface area contributed by atoms with Gasteiger partial charge in [0.05, 0.1) is 5.69 Å². The Morgan fingerprint density at radius 1 is 0.744 bits per heavy atom. The van der Waals surface area contributed by atoms with Crippen molar-refractivity contribution >= 4 is 21.9 Å². The number of benzene rings is 3. The van der Waals surface area contributed by atoms with E-state index in [4.69, 9.17) is 9.40 Å². The van der Waals surface area contributed by atoms with Gasteiger partial charge in [-0.1, -0.05) is 77.9 Å². The van der Waals surface area contributed by atoms with Crippen molar-refractivity contribution in [2.75, 3.05) is 0 Å². The average Bonchev–Trinajstić information content (AvgIpc) is 3.35. The van der Waals surface area contributed by atoms with Crippen LogP contribution in [0.25, 0.3) is 44.3 Å². The maximum atomic E-state index is 6.77. The van der Waals surface area contributed by atoms with Crippen LogP contribution < -0.4 is 0 Å². The quantitative estimate of drug-likeness (QED) is 0.225. The second-order valence-corrected chi connectivity index (χ2v) is 13.0. The summed E-state index contributed by atoms with van der Waals surface area (Å²) >= 11 is 0. The largest absolute Gasteiger partial charge is 0.455 e. The molecular weight excluding hydrogens is 474 g/mol. The normalized spacial score (nSPS) is 14.2. The van der Waals surface area contributed by atoms with Crippen LogP contribution in [-0.2, 0) is 5.41 Å². The molecule has 0 fully saturated rings. The number of nitrogens with zero attached hydrogens (tertiary/aromatic N) is 1. The Morgan fingerprint density at radius 2 is 1.46 bits per heavy atom. The molecule has 2 heterocycles. The Morgan fingerprint density at radius 3 is 2.13 bits per heavy atom. The van der Waals surface area contributed by atoms with Crippen LogP contribution in [0.2, 0.25) is 0 Å². The minimum atomic E-state index is 0.0188. The van der Waals surface area contributed by atoms with Crippen LogP contribution in [0.1, 0.15) is 88.1 Å². The number of aromatic nitrogens is 1. The Balaban J connectivity index is 1.63. The Kier molecular flexibility index (Phi) is 6.21. The van der Waals surface area contributed by atoms with Crippen molar-refractivity contribution in [3.05, 3.63) is 88.6 Å². The summed E-state index contributed by atoms with van der Waals surface area (Å²) < 4.78 is 6.77. The topological polar surface area (TPSA) is 26.0 Å². The lowest BCUT2D eigenvalue weighted by Crippen LogP contribution is -2.29. The Hall–Kier alpha value is -3.39. The van der Waals surface area contributed by atoms with Crippen LogP contribution in [0, 0.1) is 25.7 Å². The fourth-order valence-electron chi connectivity index (χ4n) is 7.43. The summed E-state index contributed by atoms with van der Waals surface area (Å²) in [6.07, 6.45) is 4.34. The maximum Gasteiger partial charge on any atom is 0.145 e. The standard InChI is InChI=1S/C37H41NO/c1-21(2)18-37(19-22(3)4)31-12-10-9-11-26(31)28-17-34-29(16-32(28)37)27-14-13-24(7)35(36(27)39-34)33-15-25(8)30(20-38-33)23(5)6/h9-17,20-23H,18-19H2,1-8H3. The van der Waals surface area contributed by atoms with Gasteiger partial charge in [-0.2, -0.15) is 0 Å². The van der Waals surface area contributed by atoms with Gasteiger partial charge in [0, 0.05) is 27.9 Å². The van der Waals surface area contributed by atoms with Gasteiger partial charge in [-0.25, -0.2) is 0 Å². The summed E-state index contributed by atoms with van der Waals surface area (Å²) in [6, 6.07) is 20.6. The number of pyridine rings is 1. The van der Waals surface area contributed by atoms with E-state index >= 15 is 0 Å². The third kappa shape index (κ3) is 4.03. The second kappa shape index (κ2) is 9.37. The van der Waals surface area contributed by atoms with Crippen molar-refractivity contribution in [1.29, 1.82) is 0 Å². The van der Waals surface area contributed by atoms with E-state index in [1.54, 1.807) is 0 Å². The van der Waals surface area contributed by atoms with E-state index in [1.807, 2.05) is 6.20 Å². The molecule has 0 saturated carbocycles. The van der Waals surface area contributed by atoms with E-state index in [-0.39, 0.29) is 5.41 Å². The van der Waals surface area contributed by atoms with Crippen LogP contribution in [0.4, 0.5) is 0 Å². The molecule has 0 amide bonds. The van der Waals surface area contributed by atoms with E-state index < -0.39 is 0 Å². The molecule has 0 saturated heterocycles. The first-order chi connectivity index (χ1) is 18.6. The van der Waals surface area contributed by atoms with E-state index in [0.29, 0.717) is 17.8 Å². The summed E-state index contributed by atoms with van der Waals surface area (Å²) in [4.78, 5) is 4.93. The minimum Gasteiger partial charge on any atom is -0.455 e. The highest BCUT2D eigenvalue weighted by atomic mass is 16.3. The lowest BCUT2D eigenvalue weighted by molar-refractivity contribution is 0.337. The summed E-state index contributed by atoms with van der Waals surface area (Å²) in [6.45, 7) is 18.3. The van der Waals surface area contributed by atoms with Crippen molar-refractivity contribution in [3.8, 4) is 22.4 Å². The number of rotatable bonds is 6. The lowest BCUT2D eigenvalue weighted by Gasteiger charge is -2.35. The molecule has 0 atom stereocenters. The van der Waals surface area contributed by atoms with Gasteiger partial charge in [-0.3, -0.25) is 4.98 Å². The highest BCUT2D eigenvalue weighted by Crippen LogP contribution is 2.56. The van der Waals surface area contributed by atoms with Crippen molar-refractivity contribution in [1.82, 2.24) is 4.98 Å². The first kappa shape index (κ1) is 25.9. The number of aryl methyl sites for hydroxylation is 2. The average molecular weight is 516 g/mol. The maximum absolute atomic E-state index is 6.77. The molecule has 2 aromatic heterocycles. The molecule has 5 aromatic rings. The van der Waals surface area contributed by atoms with E-state index in [2.05, 4.69) is 110 Å². The summed E-state index contributed by atoms with van der Waals surface area (Å²) in [5.74, 6) is 1.64. The Labute approximate surface area is 233 Å². The number of fused-ring (bicyclic) bond motifs is 6. The van der Waals surface area contributed by atoms with Crippen LogP contribution >= 0.6 is 0 Å². The molecule has 1 aliphatic carbocycles. The zero-order chi connectivity index (χ0) is 27.6. The van der Waals surface area contributed by atoms with Gasteiger partial charge in [-0.05, 0) is 102 Å². The minimum absolute atomic E-state index is 0.0188. The fraction of sp³-hybridized carbons (Fsp3) is 0.378. The lowest BCUT2D eigenvalue weighted by atomic mass is 9.68. The van der Waals surface area contributed by atoms with Crippen LogP contribution in [0.3, 0.4) is 0 Å². The summed E-state index contributed by atoms with van der Waals surface area (Å²) in [5, 5.41) is 2.39. The van der Waals surface area contributed by atoms with Crippen molar-refractivity contribution < 1.29 is 4.42 Å². The molecule has 1 aliphatic rings. The van der Waals surface area contributed by atoms with Gasteiger partial charge < -0.3 is 4.42 Å².